The quantitative estimate of drug-likeness (QED) is 0.849. The fraction of sp³-hybridized carbons (Fsp3) is 0.0909. The van der Waals surface area contributed by atoms with Crippen molar-refractivity contribution in [3.05, 3.63) is 36.3 Å². The molecule has 0 atom stereocenters. The van der Waals surface area contributed by atoms with Crippen LogP contribution in [0.15, 0.2) is 30.5 Å². The Morgan fingerprint density at radius 2 is 2.18 bits per heavy atom. The number of ether oxygens (including phenoxy) is 1. The molecule has 0 bridgehead atoms. The van der Waals surface area contributed by atoms with Crippen LogP contribution in [0.3, 0.4) is 0 Å². The van der Waals surface area contributed by atoms with Crippen molar-refractivity contribution < 1.29 is 9.13 Å². The van der Waals surface area contributed by atoms with Crippen molar-refractivity contribution in [2.24, 2.45) is 0 Å². The highest BCUT2D eigenvalue weighted by Gasteiger charge is 2.05. The zero-order valence-electron chi connectivity index (χ0n) is 9.14. The molecule has 1 heterocycles. The predicted octanol–water partition coefficient (Wildman–Crippen LogP) is 1.95. The summed E-state index contributed by atoms with van der Waals surface area (Å²) in [5.74, 6) is 0.704. The lowest BCUT2D eigenvalue weighted by molar-refractivity contribution is 0.413. The minimum absolute atomic E-state index is 0.163. The van der Waals surface area contributed by atoms with Crippen LogP contribution in [0.25, 0.3) is 0 Å². The van der Waals surface area contributed by atoms with Crippen LogP contribution in [0.5, 0.6) is 5.75 Å². The fourth-order valence-electron chi connectivity index (χ4n) is 1.35. The van der Waals surface area contributed by atoms with Crippen LogP contribution in [-0.4, -0.2) is 17.1 Å². The molecule has 0 spiro atoms. The molecule has 0 aliphatic carbocycles. The molecule has 17 heavy (non-hydrogen) atoms. The van der Waals surface area contributed by atoms with Gasteiger partial charge in [0.1, 0.15) is 17.4 Å². The number of hydrogen-bond donors (Lipinski definition) is 2. The Labute approximate surface area is 97.5 Å². The number of halogens is 1. The molecule has 0 unspecified atom stereocenters. The van der Waals surface area contributed by atoms with Gasteiger partial charge in [-0.25, -0.2) is 9.37 Å². The van der Waals surface area contributed by atoms with Gasteiger partial charge < -0.3 is 15.8 Å². The molecular weight excluding hydrogens is 223 g/mol. The smallest absolute Gasteiger partial charge is 0.221 e. The SMILES string of the molecule is COc1cc(F)ccc1Nc1ccnc(N)n1. The van der Waals surface area contributed by atoms with Gasteiger partial charge in [-0.3, -0.25) is 0 Å². The number of methoxy groups -OCH3 is 1. The highest BCUT2D eigenvalue weighted by atomic mass is 19.1. The van der Waals surface area contributed by atoms with Gasteiger partial charge in [-0.1, -0.05) is 0 Å². The second-order valence-electron chi connectivity index (χ2n) is 3.27. The number of rotatable bonds is 3. The molecule has 1 aromatic carbocycles. The number of hydrogen-bond acceptors (Lipinski definition) is 5. The van der Waals surface area contributed by atoms with E-state index < -0.39 is 0 Å². The highest BCUT2D eigenvalue weighted by molar-refractivity contribution is 5.64. The summed E-state index contributed by atoms with van der Waals surface area (Å²) in [6, 6.07) is 5.83. The number of anilines is 3. The summed E-state index contributed by atoms with van der Waals surface area (Å²) >= 11 is 0. The van der Waals surface area contributed by atoms with Crippen LogP contribution in [0.1, 0.15) is 0 Å². The average Bonchev–Trinajstić information content (AvgIpc) is 2.31. The number of nitrogens with zero attached hydrogens (tertiary/aromatic N) is 2. The Hall–Kier alpha value is -2.37. The predicted molar refractivity (Wildman–Crippen MR) is 62.7 cm³/mol. The van der Waals surface area contributed by atoms with Crippen molar-refractivity contribution >= 4 is 17.5 Å². The number of aromatic nitrogens is 2. The second-order valence-corrected chi connectivity index (χ2v) is 3.27. The lowest BCUT2D eigenvalue weighted by Gasteiger charge is -2.10. The topological polar surface area (TPSA) is 73.1 Å². The van der Waals surface area contributed by atoms with Crippen molar-refractivity contribution in [2.75, 3.05) is 18.2 Å². The molecule has 2 aromatic rings. The lowest BCUT2D eigenvalue weighted by atomic mass is 10.3. The Kier molecular flexibility index (Phi) is 3.04. The van der Waals surface area contributed by atoms with Gasteiger partial charge >= 0.3 is 0 Å². The zero-order chi connectivity index (χ0) is 12.3. The summed E-state index contributed by atoms with van der Waals surface area (Å²) in [4.78, 5) is 7.75. The number of nitrogens with one attached hydrogen (secondary N) is 1. The molecule has 0 aliphatic heterocycles. The molecule has 5 nitrogen and oxygen atoms in total. The molecule has 0 aliphatic rings. The van der Waals surface area contributed by atoms with Crippen LogP contribution in [0, 0.1) is 5.82 Å². The molecule has 1 aromatic heterocycles. The van der Waals surface area contributed by atoms with E-state index in [0.717, 1.165) is 0 Å². The van der Waals surface area contributed by atoms with Crippen LogP contribution in [0.4, 0.5) is 21.8 Å². The molecule has 0 saturated heterocycles. The van der Waals surface area contributed by atoms with Crippen molar-refractivity contribution in [3.8, 4) is 5.75 Å². The van der Waals surface area contributed by atoms with E-state index in [-0.39, 0.29) is 11.8 Å². The van der Waals surface area contributed by atoms with Gasteiger partial charge in [-0.05, 0) is 18.2 Å². The molecule has 2 rings (SSSR count). The van der Waals surface area contributed by atoms with Gasteiger partial charge in [0.2, 0.25) is 5.95 Å². The van der Waals surface area contributed by atoms with Gasteiger partial charge in [0, 0.05) is 12.3 Å². The summed E-state index contributed by atoms with van der Waals surface area (Å²) in [6.45, 7) is 0. The maximum atomic E-state index is 13.0. The third kappa shape index (κ3) is 2.60. The number of nitrogen functional groups attached to an aromatic ring is 1. The van der Waals surface area contributed by atoms with Crippen molar-refractivity contribution in [1.29, 1.82) is 0 Å². The lowest BCUT2D eigenvalue weighted by Crippen LogP contribution is -2.00. The van der Waals surface area contributed by atoms with Gasteiger partial charge in [0.25, 0.3) is 0 Å². The van der Waals surface area contributed by atoms with E-state index >= 15 is 0 Å². The summed E-state index contributed by atoms with van der Waals surface area (Å²) in [5, 5.41) is 2.97. The van der Waals surface area contributed by atoms with Crippen molar-refractivity contribution in [1.82, 2.24) is 9.97 Å². The molecule has 88 valence electrons. The summed E-state index contributed by atoms with van der Waals surface area (Å²) < 4.78 is 18.0. The Morgan fingerprint density at radius 3 is 2.88 bits per heavy atom. The molecule has 3 N–H and O–H groups in total. The Morgan fingerprint density at radius 1 is 1.35 bits per heavy atom. The summed E-state index contributed by atoms with van der Waals surface area (Å²) in [5.41, 5.74) is 6.06. The molecule has 0 amide bonds. The van der Waals surface area contributed by atoms with Crippen LogP contribution >= 0.6 is 0 Å². The van der Waals surface area contributed by atoms with E-state index in [1.807, 2.05) is 0 Å². The van der Waals surface area contributed by atoms with Crippen LogP contribution in [0.2, 0.25) is 0 Å². The number of nitrogens with two attached hydrogens (primary N) is 1. The van der Waals surface area contributed by atoms with E-state index in [1.54, 1.807) is 12.1 Å². The van der Waals surface area contributed by atoms with Gasteiger partial charge in [-0.2, -0.15) is 4.98 Å². The van der Waals surface area contributed by atoms with E-state index in [0.29, 0.717) is 17.3 Å². The summed E-state index contributed by atoms with van der Waals surface area (Å²) in [7, 11) is 1.47. The fourth-order valence-corrected chi connectivity index (χ4v) is 1.35. The minimum atomic E-state index is -0.366. The Balaban J connectivity index is 2.29. The molecule has 6 heteroatoms. The van der Waals surface area contributed by atoms with Gasteiger partial charge in [0.15, 0.2) is 0 Å². The van der Waals surface area contributed by atoms with Crippen molar-refractivity contribution in [2.45, 2.75) is 0 Å². The standard InChI is InChI=1S/C11H11FN4O/c1-17-9-6-7(12)2-3-8(9)15-10-4-5-14-11(13)16-10/h2-6H,1H3,(H3,13,14,15,16). The van der Waals surface area contributed by atoms with Gasteiger partial charge in [-0.15, -0.1) is 0 Å². The normalized spacial score (nSPS) is 10.0. The summed E-state index contributed by atoms with van der Waals surface area (Å²) in [6.07, 6.45) is 1.53. The largest absolute Gasteiger partial charge is 0.494 e. The number of benzene rings is 1. The first kappa shape index (κ1) is 11.1. The first-order valence-electron chi connectivity index (χ1n) is 4.88. The first-order valence-corrected chi connectivity index (χ1v) is 4.88. The Bertz CT molecular complexity index is 533. The molecule has 0 radical (unpaired) electrons. The van der Waals surface area contributed by atoms with E-state index in [9.17, 15) is 4.39 Å². The van der Waals surface area contributed by atoms with E-state index in [4.69, 9.17) is 10.5 Å². The highest BCUT2D eigenvalue weighted by Crippen LogP contribution is 2.27. The molecular formula is C11H11FN4O. The molecule has 0 fully saturated rings. The van der Waals surface area contributed by atoms with E-state index in [2.05, 4.69) is 15.3 Å². The average molecular weight is 234 g/mol. The maximum absolute atomic E-state index is 13.0. The van der Waals surface area contributed by atoms with Crippen LogP contribution < -0.4 is 15.8 Å². The second kappa shape index (κ2) is 4.65. The van der Waals surface area contributed by atoms with Crippen molar-refractivity contribution in [3.63, 3.8) is 0 Å². The third-order valence-corrected chi connectivity index (χ3v) is 2.10. The minimum Gasteiger partial charge on any atom is -0.494 e. The first-order chi connectivity index (χ1) is 8.19. The van der Waals surface area contributed by atoms with E-state index in [1.165, 1.54) is 25.4 Å². The monoisotopic (exact) mass is 234 g/mol. The van der Waals surface area contributed by atoms with Crippen LogP contribution in [-0.2, 0) is 0 Å². The van der Waals surface area contributed by atoms with Gasteiger partial charge in [0.05, 0.1) is 12.8 Å². The zero-order valence-corrected chi connectivity index (χ0v) is 9.14. The third-order valence-electron chi connectivity index (χ3n) is 2.10. The molecule has 0 saturated carbocycles. The maximum Gasteiger partial charge on any atom is 0.221 e.